The van der Waals surface area contributed by atoms with Gasteiger partial charge >= 0.3 is 0 Å². The molecule has 0 unspecified atom stereocenters. The molecule has 1 N–H and O–H groups in total. The lowest BCUT2D eigenvalue weighted by atomic mass is 10.1. The molecule has 1 aliphatic rings. The summed E-state index contributed by atoms with van der Waals surface area (Å²) in [6.07, 6.45) is 3.75. The Hall–Kier alpha value is -2.99. The minimum Gasteiger partial charge on any atom is -0.492 e. The van der Waals surface area contributed by atoms with E-state index >= 15 is 0 Å². The van der Waals surface area contributed by atoms with E-state index in [4.69, 9.17) is 4.74 Å². The van der Waals surface area contributed by atoms with Crippen molar-refractivity contribution in [2.24, 2.45) is 0 Å². The summed E-state index contributed by atoms with van der Waals surface area (Å²) in [4.78, 5) is 23.6. The number of para-hydroxylation sites is 2. The van der Waals surface area contributed by atoms with Crippen LogP contribution in [0.2, 0.25) is 0 Å². The molecular weight excluding hydrogens is 348 g/mol. The summed E-state index contributed by atoms with van der Waals surface area (Å²) in [6.45, 7) is 1.21. The molecule has 1 aliphatic heterocycles. The lowest BCUT2D eigenvalue weighted by molar-refractivity contribution is -0.115. The molecule has 3 aromatic rings. The van der Waals surface area contributed by atoms with Crippen LogP contribution in [0.5, 0.6) is 5.75 Å². The first-order valence-electron chi connectivity index (χ1n) is 8.21. The third kappa shape index (κ3) is 3.36. The van der Waals surface area contributed by atoms with Gasteiger partial charge in [-0.3, -0.25) is 14.9 Å². The minimum absolute atomic E-state index is 0.332. The first kappa shape index (κ1) is 16.5. The number of nitrogens with zero attached hydrogens (tertiary/aromatic N) is 1. The molecule has 130 valence electrons. The highest BCUT2D eigenvalue weighted by molar-refractivity contribution is 8.18. The van der Waals surface area contributed by atoms with E-state index in [1.54, 1.807) is 6.08 Å². The Balaban J connectivity index is 1.59. The van der Waals surface area contributed by atoms with Gasteiger partial charge in [0, 0.05) is 22.7 Å². The molecular formula is C20H16N2O3S. The van der Waals surface area contributed by atoms with E-state index in [2.05, 4.69) is 9.88 Å². The van der Waals surface area contributed by atoms with Gasteiger partial charge in [-0.2, -0.15) is 0 Å². The van der Waals surface area contributed by atoms with Crippen LogP contribution in [0.25, 0.3) is 17.0 Å². The second kappa shape index (κ2) is 7.09. The van der Waals surface area contributed by atoms with Crippen LogP contribution in [0.4, 0.5) is 4.79 Å². The van der Waals surface area contributed by atoms with Crippen molar-refractivity contribution in [3.05, 3.63) is 71.3 Å². The van der Waals surface area contributed by atoms with Gasteiger partial charge in [0.25, 0.3) is 11.1 Å². The standard InChI is InChI=1S/C20H16N2O3S/c23-19-18(26-20(24)21-19)12-14-13-22(17-9-5-4-8-16(14)17)10-11-25-15-6-2-1-3-7-15/h1-9,12-13H,10-11H2,(H,21,23,24). The molecule has 0 atom stereocenters. The van der Waals surface area contributed by atoms with Crippen LogP contribution < -0.4 is 10.1 Å². The van der Waals surface area contributed by atoms with Crippen molar-refractivity contribution in [3.63, 3.8) is 0 Å². The predicted octanol–water partition coefficient (Wildman–Crippen LogP) is 4.04. The zero-order chi connectivity index (χ0) is 17.9. The van der Waals surface area contributed by atoms with E-state index in [1.807, 2.05) is 60.8 Å². The SMILES string of the molecule is O=C1NC(=O)C(=Cc2cn(CCOc3ccccc3)c3ccccc23)S1. The van der Waals surface area contributed by atoms with Gasteiger partial charge in [0.1, 0.15) is 12.4 Å². The van der Waals surface area contributed by atoms with E-state index in [1.165, 1.54) is 0 Å². The number of imide groups is 1. The van der Waals surface area contributed by atoms with Crippen molar-refractivity contribution >= 4 is 39.9 Å². The van der Waals surface area contributed by atoms with Gasteiger partial charge in [-0.15, -0.1) is 0 Å². The zero-order valence-corrected chi connectivity index (χ0v) is 14.7. The van der Waals surface area contributed by atoms with Crippen LogP contribution in [-0.2, 0) is 11.3 Å². The summed E-state index contributed by atoms with van der Waals surface area (Å²) >= 11 is 0.929. The number of fused-ring (bicyclic) bond motifs is 1. The van der Waals surface area contributed by atoms with Crippen molar-refractivity contribution in [2.45, 2.75) is 6.54 Å². The molecule has 6 heteroatoms. The maximum atomic E-state index is 11.8. The number of hydrogen-bond donors (Lipinski definition) is 1. The summed E-state index contributed by atoms with van der Waals surface area (Å²) < 4.78 is 7.88. The smallest absolute Gasteiger partial charge is 0.290 e. The molecule has 0 bridgehead atoms. The fourth-order valence-electron chi connectivity index (χ4n) is 2.92. The third-order valence-electron chi connectivity index (χ3n) is 4.09. The molecule has 26 heavy (non-hydrogen) atoms. The van der Waals surface area contributed by atoms with Gasteiger partial charge in [-0.05, 0) is 36.0 Å². The van der Waals surface area contributed by atoms with Crippen molar-refractivity contribution < 1.29 is 14.3 Å². The zero-order valence-electron chi connectivity index (χ0n) is 13.8. The maximum Gasteiger partial charge on any atom is 0.290 e. The second-order valence-corrected chi connectivity index (χ2v) is 6.82. The van der Waals surface area contributed by atoms with Crippen molar-refractivity contribution in [3.8, 4) is 5.75 Å². The highest BCUT2D eigenvalue weighted by Gasteiger charge is 2.25. The molecule has 0 radical (unpaired) electrons. The number of rotatable bonds is 5. The van der Waals surface area contributed by atoms with Gasteiger partial charge in [-0.25, -0.2) is 0 Å². The quantitative estimate of drug-likeness (QED) is 0.694. The van der Waals surface area contributed by atoms with Crippen LogP contribution in [0, 0.1) is 0 Å². The Labute approximate surface area is 154 Å². The lowest BCUT2D eigenvalue weighted by Crippen LogP contribution is -2.17. The van der Waals surface area contributed by atoms with Gasteiger partial charge in [-0.1, -0.05) is 36.4 Å². The van der Waals surface area contributed by atoms with E-state index in [0.29, 0.717) is 18.1 Å². The fraction of sp³-hybridized carbons (Fsp3) is 0.100. The molecule has 2 aromatic carbocycles. The topological polar surface area (TPSA) is 60.3 Å². The fourth-order valence-corrected chi connectivity index (χ4v) is 3.59. The maximum absolute atomic E-state index is 11.8. The molecule has 2 heterocycles. The molecule has 1 fully saturated rings. The Morgan fingerprint density at radius 1 is 1.04 bits per heavy atom. The second-order valence-electron chi connectivity index (χ2n) is 5.81. The van der Waals surface area contributed by atoms with Crippen LogP contribution in [0.3, 0.4) is 0 Å². The highest BCUT2D eigenvalue weighted by atomic mass is 32.2. The van der Waals surface area contributed by atoms with Crippen LogP contribution >= 0.6 is 11.8 Å². The van der Waals surface area contributed by atoms with Crippen molar-refractivity contribution in [1.82, 2.24) is 9.88 Å². The molecule has 5 nitrogen and oxygen atoms in total. The van der Waals surface area contributed by atoms with Crippen molar-refractivity contribution in [1.29, 1.82) is 0 Å². The average molecular weight is 364 g/mol. The Morgan fingerprint density at radius 2 is 1.81 bits per heavy atom. The first-order chi connectivity index (χ1) is 12.7. The number of aromatic nitrogens is 1. The number of benzene rings is 2. The van der Waals surface area contributed by atoms with Crippen LogP contribution in [0.15, 0.2) is 65.7 Å². The molecule has 0 aliphatic carbocycles. The van der Waals surface area contributed by atoms with Crippen LogP contribution in [0.1, 0.15) is 5.56 Å². The highest BCUT2D eigenvalue weighted by Crippen LogP contribution is 2.29. The van der Waals surface area contributed by atoms with E-state index in [9.17, 15) is 9.59 Å². The summed E-state index contributed by atoms with van der Waals surface area (Å²) in [5, 5.41) is 2.99. The van der Waals surface area contributed by atoms with Crippen molar-refractivity contribution in [2.75, 3.05) is 6.61 Å². The number of carbonyl (C=O) groups is 2. The van der Waals surface area contributed by atoms with Gasteiger partial charge < -0.3 is 9.30 Å². The third-order valence-corrected chi connectivity index (χ3v) is 4.90. The molecule has 0 saturated carbocycles. The Kier molecular flexibility index (Phi) is 4.50. The van der Waals surface area contributed by atoms with E-state index < -0.39 is 0 Å². The predicted molar refractivity (Wildman–Crippen MR) is 103 cm³/mol. The van der Waals surface area contributed by atoms with Crippen LogP contribution in [-0.4, -0.2) is 22.3 Å². The van der Waals surface area contributed by atoms with Gasteiger partial charge in [0.15, 0.2) is 0 Å². The first-order valence-corrected chi connectivity index (χ1v) is 9.03. The Bertz CT molecular complexity index is 1010. The molecule has 4 rings (SSSR count). The van der Waals surface area contributed by atoms with Gasteiger partial charge in [0.2, 0.25) is 0 Å². The summed E-state index contributed by atoms with van der Waals surface area (Å²) in [6, 6.07) is 17.7. The number of nitrogens with one attached hydrogen (secondary N) is 1. The number of ether oxygens (including phenoxy) is 1. The number of hydrogen-bond acceptors (Lipinski definition) is 4. The molecule has 2 amide bonds. The number of thioether (sulfide) groups is 1. The summed E-state index contributed by atoms with van der Waals surface area (Å²) in [5.74, 6) is 0.494. The van der Waals surface area contributed by atoms with E-state index in [0.717, 1.165) is 34.0 Å². The normalized spacial score (nSPS) is 15.6. The van der Waals surface area contributed by atoms with Gasteiger partial charge in [0.05, 0.1) is 11.4 Å². The minimum atomic E-state index is -0.343. The van der Waals surface area contributed by atoms with E-state index in [-0.39, 0.29) is 11.1 Å². The Morgan fingerprint density at radius 3 is 2.58 bits per heavy atom. The average Bonchev–Trinajstić information content (AvgIpc) is 3.16. The molecule has 0 spiro atoms. The monoisotopic (exact) mass is 364 g/mol. The number of amides is 2. The lowest BCUT2D eigenvalue weighted by Gasteiger charge is -2.08. The number of carbonyl (C=O) groups excluding carboxylic acids is 2. The summed E-state index contributed by atoms with van der Waals surface area (Å²) in [5.41, 5.74) is 1.97. The molecule has 1 aromatic heterocycles. The largest absolute Gasteiger partial charge is 0.492 e. The summed E-state index contributed by atoms with van der Waals surface area (Å²) in [7, 11) is 0. The molecule has 1 saturated heterocycles.